The van der Waals surface area contributed by atoms with Crippen LogP contribution in [0.25, 0.3) is 45.8 Å². The van der Waals surface area contributed by atoms with Gasteiger partial charge in [0.1, 0.15) is 0 Å². The number of nitrogens with zero attached hydrogens (tertiary/aromatic N) is 14. The Kier molecular flexibility index (Phi) is 22.7. The van der Waals surface area contributed by atoms with E-state index < -0.39 is 0 Å². The van der Waals surface area contributed by atoms with Gasteiger partial charge in [-0.15, -0.1) is 119 Å². The molecule has 86 heavy (non-hydrogen) atoms. The van der Waals surface area contributed by atoms with Crippen LogP contribution in [0.2, 0.25) is 0 Å². The van der Waals surface area contributed by atoms with E-state index in [0.717, 1.165) is 33.9 Å². The van der Waals surface area contributed by atoms with Crippen molar-refractivity contribution in [1.29, 1.82) is 0 Å². The molecule has 462 valence electrons. The molecule has 0 saturated carbocycles. The first-order valence-electron chi connectivity index (χ1n) is 28.0. The van der Waals surface area contributed by atoms with E-state index in [-0.39, 0.29) is 84.3 Å². The summed E-state index contributed by atoms with van der Waals surface area (Å²) in [5.74, 6) is 3.24. The Balaban J connectivity index is 0.000000221. The zero-order chi connectivity index (χ0) is 61.7. The molecule has 0 spiro atoms. The summed E-state index contributed by atoms with van der Waals surface area (Å²) in [6.45, 7) is 42.2. The molecule has 0 fully saturated rings. The fourth-order valence-electron chi connectivity index (χ4n) is 7.83. The van der Waals surface area contributed by atoms with Crippen molar-refractivity contribution < 1.29 is 49.0 Å². The Hall–Kier alpha value is -6.84. The third-order valence-corrected chi connectivity index (χ3v) is 13.1. The van der Waals surface area contributed by atoms with Gasteiger partial charge in [-0.05, 0) is 73.5 Å². The maximum Gasteiger partial charge on any atom is 0.0758 e. The fourth-order valence-corrected chi connectivity index (χ4v) is 7.83. The molecule has 10 rings (SSSR count). The zero-order valence-corrected chi connectivity index (χ0v) is 58.0. The first-order valence-corrected chi connectivity index (χ1v) is 28.0. The number of aromatic nitrogens is 10. The Labute approximate surface area is 537 Å². The van der Waals surface area contributed by atoms with Gasteiger partial charge in [-0.3, -0.25) is 38.9 Å². The molecule has 0 unspecified atom stereocenters. The Morgan fingerprint density at radius 3 is 1.01 bits per heavy atom. The number of hydrogen-bond acceptors (Lipinski definition) is 12. The number of rotatable bonds is 6. The number of anilines is 2. The first-order chi connectivity index (χ1) is 39.0. The maximum absolute atomic E-state index is 12.6. The van der Waals surface area contributed by atoms with Crippen LogP contribution in [-0.4, -0.2) is 64.0 Å². The van der Waals surface area contributed by atoms with E-state index >= 15 is 0 Å². The number of benzene rings is 4. The van der Waals surface area contributed by atoms with Crippen LogP contribution in [0.5, 0.6) is 0 Å². The molecular weight excluding hydrogens is 1440 g/mol. The smallest absolute Gasteiger partial charge is 0.0758 e. The van der Waals surface area contributed by atoms with Gasteiger partial charge >= 0.3 is 0 Å². The molecular formula is C68H80F2Ir2N14-8. The predicted octanol–water partition coefficient (Wildman–Crippen LogP) is 14.4. The van der Waals surface area contributed by atoms with Gasteiger partial charge in [0.05, 0.1) is 23.0 Å². The van der Waals surface area contributed by atoms with Crippen molar-refractivity contribution in [2.75, 3.05) is 23.9 Å². The second kappa shape index (κ2) is 27.9. The molecule has 0 atom stereocenters. The fraction of sp³-hybridized carbons (Fsp3) is 0.382. The van der Waals surface area contributed by atoms with E-state index in [2.05, 4.69) is 191 Å². The van der Waals surface area contributed by atoms with Crippen LogP contribution in [0.3, 0.4) is 0 Å². The van der Waals surface area contributed by atoms with Crippen molar-refractivity contribution in [3.63, 3.8) is 0 Å². The first kappa shape index (κ1) is 69.9. The molecule has 6 heterocycles. The zero-order valence-electron chi connectivity index (χ0n) is 53.2. The summed E-state index contributed by atoms with van der Waals surface area (Å²) in [7, 11) is 3.86. The predicted molar refractivity (Wildman–Crippen MR) is 331 cm³/mol. The molecule has 4 aromatic heterocycles. The third kappa shape index (κ3) is 19.1. The molecule has 0 aliphatic carbocycles. The van der Waals surface area contributed by atoms with Crippen LogP contribution in [0, 0.1) is 49.2 Å². The van der Waals surface area contributed by atoms with Crippen molar-refractivity contribution in [2.24, 2.45) is 0 Å². The molecule has 0 saturated heterocycles. The molecule has 0 amide bonds. The van der Waals surface area contributed by atoms with Crippen LogP contribution >= 0.6 is 0 Å². The summed E-state index contributed by atoms with van der Waals surface area (Å²) >= 11 is 0. The van der Waals surface area contributed by atoms with Crippen molar-refractivity contribution in [2.45, 2.75) is 157 Å². The monoisotopic (exact) mass is 1520 g/mol. The van der Waals surface area contributed by atoms with Gasteiger partial charge in [0.15, 0.2) is 0 Å². The van der Waals surface area contributed by atoms with E-state index in [1.165, 1.54) is 35.4 Å². The third-order valence-electron chi connectivity index (χ3n) is 13.1. The Bertz CT molecular complexity index is 3280. The van der Waals surface area contributed by atoms with Crippen LogP contribution < -0.4 is 20.0 Å². The Morgan fingerprint density at radius 2 is 0.767 bits per heavy atom. The van der Waals surface area contributed by atoms with Crippen molar-refractivity contribution in [1.82, 2.24) is 60.1 Å². The van der Waals surface area contributed by atoms with Gasteiger partial charge in [0.25, 0.3) is 0 Å². The van der Waals surface area contributed by atoms with Crippen molar-refractivity contribution >= 4 is 11.4 Å². The normalized spacial score (nSPS) is 13.5. The Morgan fingerprint density at radius 1 is 0.407 bits per heavy atom. The summed E-state index contributed by atoms with van der Waals surface area (Å²) < 4.78 is 25.1. The van der Waals surface area contributed by atoms with Gasteiger partial charge in [0, 0.05) is 96.5 Å². The number of halogens is 2. The molecule has 2 radical (unpaired) electrons. The standard InChI is InChI=1S/2C24H31N5.2C10H9FN2.2Ir/c2*1-22(2,3)16-12-10-15(11-13-16)19-25-17(14-18(26-19)23(4,5)6)20-27-21(29-28-20)24(7,8)9;2*1-12-6-7-13(8-12)10-4-2-9(11)3-5-10;;/h2*10,12-14H,1-9H3;2*2-4,6-8H,1H3;;/q4*-2;;. The average Bonchev–Trinajstić information content (AvgIpc) is 1.63. The van der Waals surface area contributed by atoms with Gasteiger partial charge in [0.2, 0.25) is 0 Å². The van der Waals surface area contributed by atoms with Crippen molar-refractivity contribution in [3.8, 4) is 45.8 Å². The summed E-state index contributed by atoms with van der Waals surface area (Å²) in [6.07, 6.45) is 7.61. The summed E-state index contributed by atoms with van der Waals surface area (Å²) in [5, 5.41) is 17.1. The molecule has 18 heteroatoms. The molecule has 8 aromatic rings. The minimum atomic E-state index is -0.264. The van der Waals surface area contributed by atoms with E-state index in [1.807, 2.05) is 108 Å². The maximum atomic E-state index is 12.6. The number of hydrogen-bond donors (Lipinski definition) is 0. The second-order valence-corrected chi connectivity index (χ2v) is 27.1. The van der Waals surface area contributed by atoms with E-state index in [9.17, 15) is 8.78 Å². The molecule has 2 aliphatic rings. The summed E-state index contributed by atoms with van der Waals surface area (Å²) in [4.78, 5) is 36.0. The van der Waals surface area contributed by atoms with Gasteiger partial charge in [-0.25, -0.2) is 0 Å². The van der Waals surface area contributed by atoms with E-state index in [0.29, 0.717) is 46.3 Å². The van der Waals surface area contributed by atoms with E-state index in [1.54, 1.807) is 12.1 Å². The quantitative estimate of drug-likeness (QED) is 0.146. The van der Waals surface area contributed by atoms with Gasteiger partial charge in [-0.2, -0.15) is 25.5 Å². The van der Waals surface area contributed by atoms with Crippen LogP contribution in [-0.2, 0) is 72.7 Å². The van der Waals surface area contributed by atoms with Crippen LogP contribution in [0.4, 0.5) is 20.2 Å². The minimum absolute atomic E-state index is 0. The van der Waals surface area contributed by atoms with Gasteiger partial charge < -0.3 is 39.8 Å². The molecule has 0 N–H and O–H groups in total. The largest absolute Gasteiger partial charge is 0.510 e. The van der Waals surface area contributed by atoms with Gasteiger partial charge in [-0.1, -0.05) is 125 Å². The van der Waals surface area contributed by atoms with Crippen LogP contribution in [0.15, 0.2) is 110 Å². The molecule has 0 bridgehead atoms. The average molecular weight is 1520 g/mol. The second-order valence-electron chi connectivity index (χ2n) is 27.1. The molecule has 14 nitrogen and oxygen atoms in total. The van der Waals surface area contributed by atoms with E-state index in [4.69, 9.17) is 19.9 Å². The minimum Gasteiger partial charge on any atom is -0.510 e. The summed E-state index contributed by atoms with van der Waals surface area (Å²) in [5.41, 5.74) is 8.67. The van der Waals surface area contributed by atoms with Crippen molar-refractivity contribution in [3.05, 3.63) is 193 Å². The summed E-state index contributed by atoms with van der Waals surface area (Å²) in [6, 6.07) is 37.6. The van der Waals surface area contributed by atoms with Crippen LogP contribution in [0.1, 0.15) is 159 Å². The topological polar surface area (TPSA) is 144 Å². The molecule has 4 aromatic carbocycles. The SMILES string of the molecule is CC(C)(C)c1c[c-]c(-c2nc(-c3nc(C(C)(C)C)n[n-]3)cc(C(C)(C)C)n2)cc1.CC(C)(C)c1c[c-]c(-c2nc(-c3nc(C(C)(C)C)n[n-]3)cc(C(C)(C)C)n2)cc1.CN1C=CN(c2[c-]cc(F)cc2)[CH-]1.CN1C=CN(c2[c-]cc(F)cc2)[CH-]1.[Ir].[Ir]. The molecule has 2 aliphatic heterocycles.